The van der Waals surface area contributed by atoms with Gasteiger partial charge in [0.25, 0.3) is 11.8 Å². The molecule has 1 N–H and O–H groups in total. The summed E-state index contributed by atoms with van der Waals surface area (Å²) >= 11 is 12.0. The number of rotatable bonds is 4. The van der Waals surface area contributed by atoms with Crippen molar-refractivity contribution in [3.05, 3.63) is 58.1 Å². The van der Waals surface area contributed by atoms with Crippen molar-refractivity contribution in [1.29, 1.82) is 0 Å². The van der Waals surface area contributed by atoms with E-state index >= 15 is 0 Å². The topological polar surface area (TPSA) is 94.4 Å². The van der Waals surface area contributed by atoms with Gasteiger partial charge in [-0.15, -0.1) is 0 Å². The van der Waals surface area contributed by atoms with Crippen LogP contribution in [0.3, 0.4) is 0 Å². The fourth-order valence-electron chi connectivity index (χ4n) is 3.21. The molecule has 2 atom stereocenters. The lowest BCUT2D eigenvalue weighted by atomic mass is 10.1. The first-order valence-electron chi connectivity index (χ1n) is 8.72. The summed E-state index contributed by atoms with van der Waals surface area (Å²) in [6.07, 6.45) is 0. The summed E-state index contributed by atoms with van der Waals surface area (Å²) < 4.78 is 0. The van der Waals surface area contributed by atoms with E-state index < -0.39 is 29.8 Å². The van der Waals surface area contributed by atoms with Gasteiger partial charge in [0, 0.05) is 15.7 Å². The fourth-order valence-corrected chi connectivity index (χ4v) is 3.51. The lowest BCUT2D eigenvalue weighted by molar-refractivity contribution is -0.123. The zero-order chi connectivity index (χ0) is 20.7. The third-order valence-corrected chi connectivity index (χ3v) is 5.36. The summed E-state index contributed by atoms with van der Waals surface area (Å²) in [6, 6.07) is 9.59. The molecule has 2 aliphatic heterocycles. The second kappa shape index (κ2) is 7.46. The van der Waals surface area contributed by atoms with Crippen LogP contribution in [0.1, 0.15) is 5.56 Å². The Morgan fingerprint density at radius 3 is 2.52 bits per heavy atom. The maximum atomic E-state index is 12.9. The number of halogens is 2. The summed E-state index contributed by atoms with van der Waals surface area (Å²) in [5, 5.41) is 12.7. The molecule has 1 saturated heterocycles. The normalized spacial score (nSPS) is 20.4. The molecule has 0 saturated carbocycles. The van der Waals surface area contributed by atoms with Crippen molar-refractivity contribution in [3.8, 4) is 0 Å². The number of aryl methyl sites for hydroxylation is 1. The van der Waals surface area contributed by atoms with Crippen molar-refractivity contribution in [2.75, 3.05) is 16.8 Å². The van der Waals surface area contributed by atoms with Gasteiger partial charge in [0.1, 0.15) is 6.54 Å². The Morgan fingerprint density at radius 2 is 1.83 bits per heavy atom. The molecule has 2 aromatic carbocycles. The molecule has 8 nitrogen and oxygen atoms in total. The highest BCUT2D eigenvalue weighted by molar-refractivity contribution is 6.32. The molecule has 0 spiro atoms. The molecular weight excluding hydrogens is 417 g/mol. The van der Waals surface area contributed by atoms with Gasteiger partial charge in [0.05, 0.1) is 5.69 Å². The highest BCUT2D eigenvalue weighted by Crippen LogP contribution is 2.33. The first-order chi connectivity index (χ1) is 13.8. The van der Waals surface area contributed by atoms with E-state index in [4.69, 9.17) is 23.2 Å². The molecular formula is C19H15Cl2N5O3. The number of nitrogens with zero attached hydrogens (tertiary/aromatic N) is 4. The molecule has 0 aliphatic carbocycles. The van der Waals surface area contributed by atoms with E-state index in [0.29, 0.717) is 21.4 Å². The van der Waals surface area contributed by atoms with Crippen LogP contribution in [0.25, 0.3) is 0 Å². The van der Waals surface area contributed by atoms with E-state index in [1.165, 1.54) is 5.01 Å². The maximum Gasteiger partial charge on any atom is 0.263 e. The van der Waals surface area contributed by atoms with E-state index in [1.54, 1.807) is 42.5 Å². The van der Waals surface area contributed by atoms with Crippen LogP contribution in [-0.2, 0) is 14.4 Å². The summed E-state index contributed by atoms with van der Waals surface area (Å²) in [5.74, 6) is -1.39. The maximum absolute atomic E-state index is 12.9. The number of carbonyl (C=O) groups is 3. The van der Waals surface area contributed by atoms with E-state index in [-0.39, 0.29) is 6.54 Å². The Kier molecular flexibility index (Phi) is 4.97. The van der Waals surface area contributed by atoms with Crippen LogP contribution in [0.2, 0.25) is 10.0 Å². The predicted molar refractivity (Wildman–Crippen MR) is 108 cm³/mol. The third kappa shape index (κ3) is 3.56. The monoisotopic (exact) mass is 431 g/mol. The Labute approximate surface area is 176 Å². The number of hydrogen-bond donors (Lipinski definition) is 1. The van der Waals surface area contributed by atoms with Crippen LogP contribution < -0.4 is 10.2 Å². The molecule has 148 valence electrons. The molecule has 2 aromatic rings. The minimum absolute atomic E-state index is 0.227. The van der Waals surface area contributed by atoms with E-state index in [1.807, 2.05) is 6.92 Å². The summed E-state index contributed by atoms with van der Waals surface area (Å²) in [7, 11) is 0. The van der Waals surface area contributed by atoms with Crippen LogP contribution in [0.4, 0.5) is 11.4 Å². The van der Waals surface area contributed by atoms with Crippen LogP contribution in [0, 0.1) is 6.92 Å². The number of benzene rings is 2. The van der Waals surface area contributed by atoms with Crippen molar-refractivity contribution in [2.24, 2.45) is 10.3 Å². The van der Waals surface area contributed by atoms with Crippen molar-refractivity contribution in [2.45, 2.75) is 19.0 Å². The van der Waals surface area contributed by atoms with Gasteiger partial charge >= 0.3 is 0 Å². The van der Waals surface area contributed by atoms with Gasteiger partial charge < -0.3 is 5.32 Å². The molecule has 2 aliphatic rings. The van der Waals surface area contributed by atoms with Gasteiger partial charge in [-0.05, 0) is 48.9 Å². The van der Waals surface area contributed by atoms with E-state index in [0.717, 1.165) is 10.5 Å². The summed E-state index contributed by atoms with van der Waals surface area (Å²) in [4.78, 5) is 39.0. The smallest absolute Gasteiger partial charge is 0.263 e. The minimum Gasteiger partial charge on any atom is -0.324 e. The van der Waals surface area contributed by atoms with Crippen molar-refractivity contribution in [3.63, 3.8) is 0 Å². The Balaban J connectivity index is 1.49. The Hall–Kier alpha value is -2.97. The SMILES string of the molecule is Cc1ccc(N2C(=O)[C@@H]3N=NN(CC(=O)Nc4ccc(Cl)cc4)[C@H]3C2=O)cc1Cl. The second-order valence-corrected chi connectivity index (χ2v) is 7.54. The second-order valence-electron chi connectivity index (χ2n) is 6.69. The molecule has 3 amide bonds. The van der Waals surface area contributed by atoms with Crippen LogP contribution in [-0.4, -0.2) is 41.4 Å². The highest BCUT2D eigenvalue weighted by atomic mass is 35.5. The number of amides is 3. The predicted octanol–water partition coefficient (Wildman–Crippen LogP) is 3.23. The van der Waals surface area contributed by atoms with Crippen LogP contribution in [0.15, 0.2) is 52.8 Å². The number of anilines is 2. The minimum atomic E-state index is -0.981. The average Bonchev–Trinajstić information content (AvgIpc) is 3.20. The first kappa shape index (κ1) is 19.4. The zero-order valence-corrected chi connectivity index (χ0v) is 16.7. The molecule has 0 aromatic heterocycles. The quantitative estimate of drug-likeness (QED) is 0.751. The Bertz CT molecular complexity index is 1040. The number of imide groups is 1. The largest absolute Gasteiger partial charge is 0.324 e. The van der Waals surface area contributed by atoms with Crippen molar-refractivity contribution >= 4 is 52.3 Å². The summed E-state index contributed by atoms with van der Waals surface area (Å²) in [6.45, 7) is 1.60. The van der Waals surface area contributed by atoms with Gasteiger partial charge in [0.2, 0.25) is 5.91 Å². The molecule has 0 radical (unpaired) electrons. The first-order valence-corrected chi connectivity index (χ1v) is 9.47. The average molecular weight is 432 g/mol. The van der Waals surface area contributed by atoms with Gasteiger partial charge in [-0.25, -0.2) is 4.90 Å². The third-order valence-electron chi connectivity index (χ3n) is 4.71. The Morgan fingerprint density at radius 1 is 1.10 bits per heavy atom. The summed E-state index contributed by atoms with van der Waals surface area (Å²) in [5.41, 5.74) is 1.75. The van der Waals surface area contributed by atoms with Gasteiger partial charge in [0.15, 0.2) is 12.1 Å². The molecule has 1 fully saturated rings. The van der Waals surface area contributed by atoms with E-state index in [2.05, 4.69) is 15.7 Å². The van der Waals surface area contributed by atoms with Gasteiger partial charge in [-0.2, -0.15) is 5.11 Å². The standard InChI is InChI=1S/C19H15Cl2N5O3/c1-10-2-7-13(8-14(10)21)26-18(28)16-17(19(26)29)25(24-23-16)9-15(27)22-12-5-3-11(20)4-6-12/h2-8,16-17H,9H2,1H3,(H,22,27)/t16-,17-/m1/s1. The van der Waals surface area contributed by atoms with Crippen LogP contribution >= 0.6 is 23.2 Å². The highest BCUT2D eigenvalue weighted by Gasteiger charge is 2.55. The van der Waals surface area contributed by atoms with Gasteiger partial charge in [-0.1, -0.05) is 34.5 Å². The van der Waals surface area contributed by atoms with Gasteiger partial charge in [-0.3, -0.25) is 19.4 Å². The van der Waals surface area contributed by atoms with E-state index in [9.17, 15) is 14.4 Å². The van der Waals surface area contributed by atoms with Crippen molar-refractivity contribution < 1.29 is 14.4 Å². The number of carbonyl (C=O) groups excluding carboxylic acids is 3. The molecule has 10 heteroatoms. The molecule has 29 heavy (non-hydrogen) atoms. The number of fused-ring (bicyclic) bond motifs is 1. The molecule has 0 unspecified atom stereocenters. The zero-order valence-electron chi connectivity index (χ0n) is 15.2. The number of hydrogen-bond acceptors (Lipinski definition) is 6. The van der Waals surface area contributed by atoms with Crippen LogP contribution in [0.5, 0.6) is 0 Å². The number of nitrogens with one attached hydrogen (secondary N) is 1. The molecule has 0 bridgehead atoms. The lowest BCUT2D eigenvalue weighted by Crippen LogP contribution is -2.43. The lowest BCUT2D eigenvalue weighted by Gasteiger charge is -2.20. The molecule has 2 heterocycles. The van der Waals surface area contributed by atoms with Crippen molar-refractivity contribution in [1.82, 2.24) is 5.01 Å². The molecule has 4 rings (SSSR count). The fraction of sp³-hybridized carbons (Fsp3) is 0.211.